The SMILES string of the molecule is CC(C)n1c(C(=O)O)ccc1-c1ccc(F)cc1Cl. The first-order valence-corrected chi connectivity index (χ1v) is 6.19. The quantitative estimate of drug-likeness (QED) is 0.915. The van der Waals surface area contributed by atoms with E-state index >= 15 is 0 Å². The number of benzene rings is 1. The number of carbonyl (C=O) groups is 1. The minimum Gasteiger partial charge on any atom is -0.477 e. The summed E-state index contributed by atoms with van der Waals surface area (Å²) in [5.41, 5.74) is 1.46. The smallest absolute Gasteiger partial charge is 0.352 e. The first-order chi connectivity index (χ1) is 8.91. The molecule has 19 heavy (non-hydrogen) atoms. The fraction of sp³-hybridized carbons (Fsp3) is 0.214. The van der Waals surface area contributed by atoms with Gasteiger partial charge in [0, 0.05) is 11.6 Å². The van der Waals surface area contributed by atoms with E-state index in [1.807, 2.05) is 13.8 Å². The van der Waals surface area contributed by atoms with Crippen molar-refractivity contribution >= 4 is 17.6 Å². The van der Waals surface area contributed by atoms with Crippen molar-refractivity contribution in [3.05, 3.63) is 46.9 Å². The molecular weight excluding hydrogens is 269 g/mol. The second-order valence-corrected chi connectivity index (χ2v) is 4.90. The summed E-state index contributed by atoms with van der Waals surface area (Å²) in [6.45, 7) is 3.76. The van der Waals surface area contributed by atoms with Gasteiger partial charge in [-0.1, -0.05) is 11.6 Å². The molecule has 1 aromatic heterocycles. The summed E-state index contributed by atoms with van der Waals surface area (Å²) < 4.78 is 14.7. The number of carboxylic acid groups (broad SMARTS) is 1. The van der Waals surface area contributed by atoms with Crippen LogP contribution in [0.2, 0.25) is 5.02 Å². The summed E-state index contributed by atoms with van der Waals surface area (Å²) in [6, 6.07) is 7.24. The van der Waals surface area contributed by atoms with Gasteiger partial charge in [-0.05, 0) is 44.2 Å². The van der Waals surface area contributed by atoms with Gasteiger partial charge in [0.2, 0.25) is 0 Å². The summed E-state index contributed by atoms with van der Waals surface area (Å²) in [7, 11) is 0. The number of nitrogens with zero attached hydrogens (tertiary/aromatic N) is 1. The number of aromatic nitrogens is 1. The van der Waals surface area contributed by atoms with Crippen LogP contribution in [-0.4, -0.2) is 15.6 Å². The van der Waals surface area contributed by atoms with Crippen LogP contribution >= 0.6 is 11.6 Å². The Labute approximate surface area is 115 Å². The zero-order valence-electron chi connectivity index (χ0n) is 10.5. The molecule has 2 rings (SSSR count). The maximum Gasteiger partial charge on any atom is 0.352 e. The van der Waals surface area contributed by atoms with Crippen LogP contribution < -0.4 is 0 Å². The highest BCUT2D eigenvalue weighted by molar-refractivity contribution is 6.33. The molecule has 0 aliphatic heterocycles. The van der Waals surface area contributed by atoms with Gasteiger partial charge in [-0.3, -0.25) is 0 Å². The van der Waals surface area contributed by atoms with Crippen LogP contribution in [0, 0.1) is 5.82 Å². The molecule has 5 heteroatoms. The highest BCUT2D eigenvalue weighted by Crippen LogP contribution is 2.32. The molecule has 0 bridgehead atoms. The fourth-order valence-electron chi connectivity index (χ4n) is 2.10. The van der Waals surface area contributed by atoms with E-state index in [0.717, 1.165) is 0 Å². The molecule has 1 N–H and O–H groups in total. The second-order valence-electron chi connectivity index (χ2n) is 4.50. The van der Waals surface area contributed by atoms with Gasteiger partial charge < -0.3 is 9.67 Å². The van der Waals surface area contributed by atoms with Crippen molar-refractivity contribution in [1.29, 1.82) is 0 Å². The second kappa shape index (κ2) is 5.05. The molecule has 100 valence electrons. The lowest BCUT2D eigenvalue weighted by Crippen LogP contribution is -2.11. The topological polar surface area (TPSA) is 42.2 Å². The Kier molecular flexibility index (Phi) is 3.62. The Morgan fingerprint density at radius 1 is 1.32 bits per heavy atom. The largest absolute Gasteiger partial charge is 0.477 e. The van der Waals surface area contributed by atoms with E-state index in [1.54, 1.807) is 16.7 Å². The van der Waals surface area contributed by atoms with Crippen molar-refractivity contribution in [3.8, 4) is 11.3 Å². The van der Waals surface area contributed by atoms with Crippen molar-refractivity contribution in [2.45, 2.75) is 19.9 Å². The molecule has 1 aromatic carbocycles. The van der Waals surface area contributed by atoms with E-state index in [9.17, 15) is 14.3 Å². The molecule has 0 radical (unpaired) electrons. The lowest BCUT2D eigenvalue weighted by atomic mass is 10.1. The number of aromatic carboxylic acids is 1. The molecule has 0 aliphatic carbocycles. The maximum absolute atomic E-state index is 13.1. The first-order valence-electron chi connectivity index (χ1n) is 5.81. The lowest BCUT2D eigenvalue weighted by Gasteiger charge is -2.16. The van der Waals surface area contributed by atoms with Gasteiger partial charge in [0.15, 0.2) is 0 Å². The van der Waals surface area contributed by atoms with Gasteiger partial charge in [-0.2, -0.15) is 0 Å². The van der Waals surface area contributed by atoms with E-state index in [0.29, 0.717) is 11.3 Å². The predicted octanol–water partition coefficient (Wildman–Crippen LogP) is 4.23. The van der Waals surface area contributed by atoms with E-state index in [2.05, 4.69) is 0 Å². The molecule has 3 nitrogen and oxygen atoms in total. The zero-order valence-corrected chi connectivity index (χ0v) is 11.3. The van der Waals surface area contributed by atoms with Gasteiger partial charge in [0.25, 0.3) is 0 Å². The molecule has 0 unspecified atom stereocenters. The minimum atomic E-state index is -1.00. The molecule has 0 fully saturated rings. The summed E-state index contributed by atoms with van der Waals surface area (Å²) in [5.74, 6) is -1.42. The van der Waals surface area contributed by atoms with E-state index in [1.165, 1.54) is 18.2 Å². The van der Waals surface area contributed by atoms with Crippen LogP contribution in [0.15, 0.2) is 30.3 Å². The molecule has 2 aromatic rings. The molecule has 1 heterocycles. The van der Waals surface area contributed by atoms with E-state index < -0.39 is 11.8 Å². The molecule has 0 saturated carbocycles. The average molecular weight is 282 g/mol. The Morgan fingerprint density at radius 2 is 2.00 bits per heavy atom. The monoisotopic (exact) mass is 281 g/mol. The summed E-state index contributed by atoms with van der Waals surface area (Å²) in [5, 5.41) is 9.44. The van der Waals surface area contributed by atoms with Crippen molar-refractivity contribution in [1.82, 2.24) is 4.57 Å². The number of hydrogen-bond acceptors (Lipinski definition) is 1. The van der Waals surface area contributed by atoms with Gasteiger partial charge in [0.05, 0.1) is 10.7 Å². The van der Waals surface area contributed by atoms with Crippen LogP contribution in [0.1, 0.15) is 30.4 Å². The van der Waals surface area contributed by atoms with Crippen LogP contribution in [0.3, 0.4) is 0 Å². The van der Waals surface area contributed by atoms with Crippen molar-refractivity contribution in [2.75, 3.05) is 0 Å². The molecular formula is C14H13ClFNO2. The number of hydrogen-bond donors (Lipinski definition) is 1. The zero-order chi connectivity index (χ0) is 14.2. The Bertz CT molecular complexity index is 634. The summed E-state index contributed by atoms with van der Waals surface area (Å²) >= 11 is 6.03. The van der Waals surface area contributed by atoms with Crippen molar-refractivity contribution in [3.63, 3.8) is 0 Å². The van der Waals surface area contributed by atoms with Crippen LogP contribution in [0.4, 0.5) is 4.39 Å². The van der Waals surface area contributed by atoms with Crippen molar-refractivity contribution < 1.29 is 14.3 Å². The van der Waals surface area contributed by atoms with E-state index in [-0.39, 0.29) is 16.8 Å². The third kappa shape index (κ3) is 2.49. The molecule has 0 atom stereocenters. The maximum atomic E-state index is 13.1. The lowest BCUT2D eigenvalue weighted by molar-refractivity contribution is 0.0683. The van der Waals surface area contributed by atoms with E-state index in [4.69, 9.17) is 11.6 Å². The fourth-order valence-corrected chi connectivity index (χ4v) is 2.36. The van der Waals surface area contributed by atoms with Gasteiger partial charge in [-0.15, -0.1) is 0 Å². The average Bonchev–Trinajstić information content (AvgIpc) is 2.73. The van der Waals surface area contributed by atoms with Gasteiger partial charge >= 0.3 is 5.97 Å². The molecule has 0 spiro atoms. The van der Waals surface area contributed by atoms with Crippen LogP contribution in [0.25, 0.3) is 11.3 Å². The van der Waals surface area contributed by atoms with Crippen LogP contribution in [-0.2, 0) is 0 Å². The Balaban J connectivity index is 2.65. The number of carboxylic acids is 1. The van der Waals surface area contributed by atoms with Gasteiger partial charge in [0.1, 0.15) is 11.5 Å². The number of halogens is 2. The molecule has 0 aliphatic rings. The standard InChI is InChI=1S/C14H13ClFNO2/c1-8(2)17-12(5-6-13(17)14(18)19)10-4-3-9(16)7-11(10)15/h3-8H,1-2H3,(H,18,19). The molecule has 0 amide bonds. The normalized spacial score (nSPS) is 11.0. The highest BCUT2D eigenvalue weighted by Gasteiger charge is 2.18. The third-order valence-corrected chi connectivity index (χ3v) is 3.17. The van der Waals surface area contributed by atoms with Crippen LogP contribution in [0.5, 0.6) is 0 Å². The third-order valence-electron chi connectivity index (χ3n) is 2.86. The highest BCUT2D eigenvalue weighted by atomic mass is 35.5. The van der Waals surface area contributed by atoms with Crippen molar-refractivity contribution in [2.24, 2.45) is 0 Å². The summed E-state index contributed by atoms with van der Waals surface area (Å²) in [6.07, 6.45) is 0. The first kappa shape index (κ1) is 13.6. The number of rotatable bonds is 3. The predicted molar refractivity (Wildman–Crippen MR) is 72.2 cm³/mol. The Morgan fingerprint density at radius 3 is 2.53 bits per heavy atom. The minimum absolute atomic E-state index is 0.0442. The Hall–Kier alpha value is -1.81. The van der Waals surface area contributed by atoms with Gasteiger partial charge in [-0.25, -0.2) is 9.18 Å². The molecule has 0 saturated heterocycles. The summed E-state index contributed by atoms with van der Waals surface area (Å²) in [4.78, 5) is 11.2.